The molecule has 2 N–H and O–H groups in total. The molecule has 4 rings (SSSR count). The van der Waals surface area contributed by atoms with Gasteiger partial charge in [-0.1, -0.05) is 0 Å². The van der Waals surface area contributed by atoms with Crippen LogP contribution in [0.5, 0.6) is 0 Å². The molecule has 0 amide bonds. The second-order valence-electron chi connectivity index (χ2n) is 6.09. The zero-order chi connectivity index (χ0) is 18.4. The van der Waals surface area contributed by atoms with Crippen LogP contribution in [0.1, 0.15) is 24.6 Å². The van der Waals surface area contributed by atoms with Crippen LogP contribution in [0, 0.1) is 21.7 Å². The second-order valence-corrected chi connectivity index (χ2v) is 6.09. The van der Waals surface area contributed by atoms with Crippen molar-refractivity contribution in [2.45, 2.75) is 18.8 Å². The summed E-state index contributed by atoms with van der Waals surface area (Å²) in [6, 6.07) is 5.57. The number of pyridine rings is 1. The molecule has 0 aliphatic heterocycles. The minimum atomic E-state index is -0.874. The SMILES string of the molecule is O=c1[nH]c(-c2[nH]c(C3CC3)nc2-c2ccc(F)cc2F)ccc1[N+](=O)[O-]. The molecule has 3 aromatic rings. The number of nitrogens with one attached hydrogen (secondary N) is 2. The summed E-state index contributed by atoms with van der Waals surface area (Å²) in [5.41, 5.74) is -0.619. The Kier molecular flexibility index (Phi) is 3.64. The number of benzene rings is 1. The van der Waals surface area contributed by atoms with Gasteiger partial charge in [0.05, 0.1) is 16.3 Å². The van der Waals surface area contributed by atoms with Gasteiger partial charge >= 0.3 is 11.2 Å². The third kappa shape index (κ3) is 2.77. The molecule has 26 heavy (non-hydrogen) atoms. The van der Waals surface area contributed by atoms with E-state index in [1.807, 2.05) is 0 Å². The molecular formula is C17H12F2N4O3. The van der Waals surface area contributed by atoms with Crippen LogP contribution in [0.4, 0.5) is 14.5 Å². The first-order valence-electron chi connectivity index (χ1n) is 7.87. The van der Waals surface area contributed by atoms with Crippen molar-refractivity contribution in [1.29, 1.82) is 0 Å². The number of halogens is 2. The van der Waals surface area contributed by atoms with Gasteiger partial charge in [-0.25, -0.2) is 13.8 Å². The van der Waals surface area contributed by atoms with Crippen LogP contribution in [-0.2, 0) is 0 Å². The minimum Gasteiger partial charge on any atom is -0.340 e. The maximum Gasteiger partial charge on any atom is 0.333 e. The van der Waals surface area contributed by atoms with E-state index in [0.717, 1.165) is 31.0 Å². The van der Waals surface area contributed by atoms with Gasteiger partial charge < -0.3 is 9.97 Å². The zero-order valence-corrected chi connectivity index (χ0v) is 13.3. The van der Waals surface area contributed by atoms with Gasteiger partial charge in [0.1, 0.15) is 23.2 Å². The van der Waals surface area contributed by atoms with Gasteiger partial charge in [-0.15, -0.1) is 0 Å². The van der Waals surface area contributed by atoms with E-state index < -0.39 is 27.8 Å². The van der Waals surface area contributed by atoms with Crippen molar-refractivity contribution in [2.24, 2.45) is 0 Å². The minimum absolute atomic E-state index is 0.0729. The summed E-state index contributed by atoms with van der Waals surface area (Å²) in [5.74, 6) is -0.646. The van der Waals surface area contributed by atoms with E-state index in [2.05, 4.69) is 15.0 Å². The predicted molar refractivity (Wildman–Crippen MR) is 88.6 cm³/mol. The van der Waals surface area contributed by atoms with Crippen molar-refractivity contribution >= 4 is 5.69 Å². The van der Waals surface area contributed by atoms with E-state index in [4.69, 9.17) is 0 Å². The summed E-state index contributed by atoms with van der Waals surface area (Å²) in [6.07, 6.45) is 1.88. The van der Waals surface area contributed by atoms with Crippen molar-refractivity contribution < 1.29 is 13.7 Å². The van der Waals surface area contributed by atoms with E-state index >= 15 is 0 Å². The third-order valence-corrected chi connectivity index (χ3v) is 4.23. The van der Waals surface area contributed by atoms with Gasteiger partial charge in [-0.3, -0.25) is 14.9 Å². The first-order chi connectivity index (χ1) is 12.4. The molecule has 1 aromatic carbocycles. The molecule has 1 fully saturated rings. The molecule has 0 bridgehead atoms. The van der Waals surface area contributed by atoms with E-state index in [-0.39, 0.29) is 22.9 Å². The fourth-order valence-electron chi connectivity index (χ4n) is 2.77. The monoisotopic (exact) mass is 358 g/mol. The number of nitro groups is 1. The zero-order valence-electron chi connectivity index (χ0n) is 13.3. The Bertz CT molecular complexity index is 1090. The Morgan fingerprint density at radius 3 is 2.54 bits per heavy atom. The quantitative estimate of drug-likeness (QED) is 0.550. The van der Waals surface area contributed by atoms with Gasteiger partial charge in [0.25, 0.3) is 0 Å². The molecule has 1 aliphatic carbocycles. The van der Waals surface area contributed by atoms with Crippen LogP contribution >= 0.6 is 0 Å². The Morgan fingerprint density at radius 2 is 1.92 bits per heavy atom. The van der Waals surface area contributed by atoms with Gasteiger partial charge in [0, 0.05) is 23.6 Å². The summed E-state index contributed by atoms with van der Waals surface area (Å²) < 4.78 is 27.5. The topological polar surface area (TPSA) is 105 Å². The highest BCUT2D eigenvalue weighted by Crippen LogP contribution is 2.41. The average molecular weight is 358 g/mol. The van der Waals surface area contributed by atoms with Crippen molar-refractivity contribution in [3.8, 4) is 22.6 Å². The number of aromatic nitrogens is 3. The largest absolute Gasteiger partial charge is 0.340 e. The molecule has 7 nitrogen and oxygen atoms in total. The molecule has 1 saturated carbocycles. The lowest BCUT2D eigenvalue weighted by atomic mass is 10.1. The fraction of sp³-hybridized carbons (Fsp3) is 0.176. The van der Waals surface area contributed by atoms with E-state index in [1.165, 1.54) is 12.1 Å². The molecule has 2 heterocycles. The molecule has 9 heteroatoms. The van der Waals surface area contributed by atoms with Crippen molar-refractivity contribution in [3.05, 3.63) is 68.3 Å². The lowest BCUT2D eigenvalue weighted by Crippen LogP contribution is -2.11. The normalized spacial score (nSPS) is 13.8. The highest BCUT2D eigenvalue weighted by Gasteiger charge is 2.29. The number of rotatable bonds is 4. The van der Waals surface area contributed by atoms with E-state index in [0.29, 0.717) is 11.5 Å². The van der Waals surface area contributed by atoms with Gasteiger partial charge in [-0.2, -0.15) is 0 Å². The highest BCUT2D eigenvalue weighted by atomic mass is 19.1. The van der Waals surface area contributed by atoms with E-state index in [1.54, 1.807) is 0 Å². The van der Waals surface area contributed by atoms with Crippen LogP contribution in [0.15, 0.2) is 35.1 Å². The number of imidazole rings is 1. The Balaban J connectivity index is 1.89. The molecule has 2 aromatic heterocycles. The number of nitrogens with zero attached hydrogens (tertiary/aromatic N) is 2. The van der Waals surface area contributed by atoms with Crippen LogP contribution in [-0.4, -0.2) is 19.9 Å². The maximum absolute atomic E-state index is 14.3. The smallest absolute Gasteiger partial charge is 0.333 e. The van der Waals surface area contributed by atoms with Gasteiger partial charge in [0.2, 0.25) is 0 Å². The van der Waals surface area contributed by atoms with Crippen LogP contribution < -0.4 is 5.56 Å². The third-order valence-electron chi connectivity index (χ3n) is 4.23. The average Bonchev–Trinajstić information content (AvgIpc) is 3.34. The number of H-pyrrole nitrogens is 2. The summed E-state index contributed by atoms with van der Waals surface area (Å²) in [6.45, 7) is 0. The fourth-order valence-corrected chi connectivity index (χ4v) is 2.77. The molecule has 0 atom stereocenters. The van der Waals surface area contributed by atoms with Crippen LogP contribution in [0.3, 0.4) is 0 Å². The van der Waals surface area contributed by atoms with Gasteiger partial charge in [-0.05, 0) is 31.0 Å². The number of aromatic amines is 2. The molecule has 1 aliphatic rings. The molecule has 132 valence electrons. The molecule has 0 saturated heterocycles. The second kappa shape index (κ2) is 5.87. The van der Waals surface area contributed by atoms with Crippen molar-refractivity contribution in [2.75, 3.05) is 0 Å². The molecule has 0 radical (unpaired) electrons. The van der Waals surface area contributed by atoms with Crippen LogP contribution in [0.2, 0.25) is 0 Å². The van der Waals surface area contributed by atoms with E-state index in [9.17, 15) is 23.7 Å². The number of hydrogen-bond donors (Lipinski definition) is 2. The highest BCUT2D eigenvalue weighted by molar-refractivity contribution is 5.77. The molecule has 0 spiro atoms. The summed E-state index contributed by atoms with van der Waals surface area (Å²) in [5, 5.41) is 10.8. The van der Waals surface area contributed by atoms with Crippen molar-refractivity contribution in [3.63, 3.8) is 0 Å². The Labute approximate surface area is 144 Å². The van der Waals surface area contributed by atoms with Crippen molar-refractivity contribution in [1.82, 2.24) is 15.0 Å². The first kappa shape index (κ1) is 16.1. The molecular weight excluding hydrogens is 346 g/mol. The summed E-state index contributed by atoms with van der Waals surface area (Å²) >= 11 is 0. The maximum atomic E-state index is 14.3. The predicted octanol–water partition coefficient (Wildman–Crippen LogP) is 3.50. The summed E-state index contributed by atoms with van der Waals surface area (Å²) in [7, 11) is 0. The lowest BCUT2D eigenvalue weighted by molar-refractivity contribution is -0.386. The van der Waals surface area contributed by atoms with Gasteiger partial charge in [0.15, 0.2) is 0 Å². The standard InChI is InChI=1S/C17H12F2N4O3/c18-9-3-4-10(11(19)7-9)14-15(22-16(21-14)8-1-2-8)12-5-6-13(23(25)26)17(24)20-12/h3-8H,1-2H2,(H,20,24)(H,21,22). The number of hydrogen-bond acceptors (Lipinski definition) is 4. The molecule has 0 unspecified atom stereocenters. The Morgan fingerprint density at radius 1 is 1.15 bits per heavy atom. The summed E-state index contributed by atoms with van der Waals surface area (Å²) in [4.78, 5) is 31.9. The lowest BCUT2D eigenvalue weighted by Gasteiger charge is -2.04. The first-order valence-corrected chi connectivity index (χ1v) is 7.87. The Hall–Kier alpha value is -3.36. The van der Waals surface area contributed by atoms with Crippen LogP contribution in [0.25, 0.3) is 22.6 Å².